The number of amides is 1. The van der Waals surface area contributed by atoms with Crippen molar-refractivity contribution in [2.24, 2.45) is 0 Å². The number of sulfonamides is 1. The van der Waals surface area contributed by atoms with Crippen molar-refractivity contribution in [2.75, 3.05) is 49.5 Å². The van der Waals surface area contributed by atoms with Gasteiger partial charge in [0.15, 0.2) is 0 Å². The lowest BCUT2D eigenvalue weighted by Gasteiger charge is -2.37. The summed E-state index contributed by atoms with van der Waals surface area (Å²) in [5.74, 6) is 0.648. The van der Waals surface area contributed by atoms with Crippen molar-refractivity contribution in [3.05, 3.63) is 83.9 Å². The predicted octanol–water partition coefficient (Wildman–Crippen LogP) is 3.79. The number of carbonyl (C=O) groups excluding carboxylic acids is 1. The van der Waals surface area contributed by atoms with Gasteiger partial charge in [-0.3, -0.25) is 9.10 Å². The third-order valence-electron chi connectivity index (χ3n) is 6.21. The molecule has 4 rings (SSSR count). The minimum atomic E-state index is -3.81. The zero-order chi connectivity index (χ0) is 24.3. The van der Waals surface area contributed by atoms with Crippen LogP contribution in [0.1, 0.15) is 15.9 Å². The van der Waals surface area contributed by atoms with Crippen LogP contribution in [0.25, 0.3) is 0 Å². The van der Waals surface area contributed by atoms with E-state index < -0.39 is 10.0 Å². The summed E-state index contributed by atoms with van der Waals surface area (Å²) in [5, 5.41) is 0. The van der Waals surface area contributed by atoms with E-state index in [0.29, 0.717) is 37.4 Å². The minimum absolute atomic E-state index is 0.0976. The van der Waals surface area contributed by atoms with E-state index in [1.807, 2.05) is 37.3 Å². The summed E-state index contributed by atoms with van der Waals surface area (Å²) in [6.07, 6.45) is 0. The SMILES string of the molecule is COc1ccccc1N1CCN(C(=O)c2cc(S(=O)(=O)N(C)c3ccccc3)ccc2C)CC1. The summed E-state index contributed by atoms with van der Waals surface area (Å²) in [6.45, 7) is 4.24. The molecule has 1 fully saturated rings. The summed E-state index contributed by atoms with van der Waals surface area (Å²) in [6, 6.07) is 21.5. The molecule has 0 saturated carbocycles. The third kappa shape index (κ3) is 4.59. The molecule has 0 spiro atoms. The topological polar surface area (TPSA) is 70.2 Å². The van der Waals surface area contributed by atoms with Gasteiger partial charge in [-0.25, -0.2) is 8.42 Å². The number of hydrogen-bond acceptors (Lipinski definition) is 5. The summed E-state index contributed by atoms with van der Waals surface area (Å²) >= 11 is 0. The van der Waals surface area contributed by atoms with Crippen molar-refractivity contribution < 1.29 is 17.9 Å². The molecule has 3 aromatic carbocycles. The largest absolute Gasteiger partial charge is 0.495 e. The van der Waals surface area contributed by atoms with Crippen LogP contribution >= 0.6 is 0 Å². The molecule has 1 aliphatic heterocycles. The van der Waals surface area contributed by atoms with Gasteiger partial charge in [0.05, 0.1) is 23.4 Å². The maximum absolute atomic E-state index is 13.4. The van der Waals surface area contributed by atoms with Gasteiger partial charge in [-0.2, -0.15) is 0 Å². The predicted molar refractivity (Wildman–Crippen MR) is 134 cm³/mol. The molecule has 7 nitrogen and oxygen atoms in total. The van der Waals surface area contributed by atoms with E-state index in [9.17, 15) is 13.2 Å². The molecule has 8 heteroatoms. The van der Waals surface area contributed by atoms with Crippen molar-refractivity contribution in [1.82, 2.24) is 4.90 Å². The molecule has 0 bridgehead atoms. The molecule has 0 aliphatic carbocycles. The van der Waals surface area contributed by atoms with E-state index in [4.69, 9.17) is 4.74 Å². The molecular formula is C26H29N3O4S. The maximum Gasteiger partial charge on any atom is 0.264 e. The number of methoxy groups -OCH3 is 1. The number of rotatable bonds is 6. The van der Waals surface area contributed by atoms with Crippen LogP contribution in [0.15, 0.2) is 77.7 Å². The standard InChI is InChI=1S/C26H29N3O4S/c1-20-13-14-22(34(31,32)27(2)21-9-5-4-6-10-21)19-23(20)26(30)29-17-15-28(16-18-29)24-11-7-8-12-25(24)33-3/h4-14,19H,15-18H2,1-3H3. The van der Waals surface area contributed by atoms with Crippen molar-refractivity contribution in [2.45, 2.75) is 11.8 Å². The Hall–Kier alpha value is -3.52. The summed E-state index contributed by atoms with van der Waals surface area (Å²) < 4.78 is 33.2. The van der Waals surface area contributed by atoms with E-state index in [2.05, 4.69) is 4.90 Å². The number of nitrogens with zero attached hydrogens (tertiary/aromatic N) is 3. The van der Waals surface area contributed by atoms with Crippen molar-refractivity contribution >= 4 is 27.3 Å². The highest BCUT2D eigenvalue weighted by Crippen LogP contribution is 2.29. The molecule has 1 amide bonds. The highest BCUT2D eigenvalue weighted by molar-refractivity contribution is 7.92. The van der Waals surface area contributed by atoms with E-state index in [0.717, 1.165) is 17.0 Å². The number of piperazine rings is 1. The van der Waals surface area contributed by atoms with Gasteiger partial charge in [0.25, 0.3) is 15.9 Å². The molecule has 0 radical (unpaired) electrons. The molecule has 1 heterocycles. The fraction of sp³-hybridized carbons (Fsp3) is 0.269. The Morgan fingerprint density at radius 1 is 0.912 bits per heavy atom. The third-order valence-corrected chi connectivity index (χ3v) is 7.99. The highest BCUT2D eigenvalue weighted by Gasteiger charge is 2.27. The van der Waals surface area contributed by atoms with Gasteiger partial charge in [-0.1, -0.05) is 36.4 Å². The van der Waals surface area contributed by atoms with Gasteiger partial charge >= 0.3 is 0 Å². The number of carbonyl (C=O) groups is 1. The first-order valence-electron chi connectivity index (χ1n) is 11.1. The Bertz CT molecular complexity index is 1270. The molecule has 0 aromatic heterocycles. The monoisotopic (exact) mass is 479 g/mol. The summed E-state index contributed by atoms with van der Waals surface area (Å²) in [7, 11) is -0.640. The van der Waals surface area contributed by atoms with Crippen LogP contribution in [0.2, 0.25) is 0 Å². The number of benzene rings is 3. The Kier molecular flexibility index (Phi) is 6.79. The second-order valence-corrected chi connectivity index (χ2v) is 10.2. The van der Waals surface area contributed by atoms with Crippen LogP contribution in [0, 0.1) is 6.92 Å². The van der Waals surface area contributed by atoms with Crippen LogP contribution in [-0.4, -0.2) is 59.6 Å². The van der Waals surface area contributed by atoms with Gasteiger partial charge in [0.1, 0.15) is 5.75 Å². The second-order valence-electron chi connectivity index (χ2n) is 8.24. The average Bonchev–Trinajstić information content (AvgIpc) is 2.88. The minimum Gasteiger partial charge on any atom is -0.495 e. The Labute approximate surface area is 201 Å². The lowest BCUT2D eigenvalue weighted by atomic mass is 10.1. The fourth-order valence-corrected chi connectivity index (χ4v) is 5.36. The zero-order valence-electron chi connectivity index (χ0n) is 19.6. The molecule has 1 saturated heterocycles. The fourth-order valence-electron chi connectivity index (χ4n) is 4.14. The first kappa shape index (κ1) is 23.6. The van der Waals surface area contributed by atoms with E-state index in [1.165, 1.54) is 17.4 Å². The van der Waals surface area contributed by atoms with Crippen LogP contribution in [0.4, 0.5) is 11.4 Å². The van der Waals surface area contributed by atoms with E-state index >= 15 is 0 Å². The van der Waals surface area contributed by atoms with Crippen molar-refractivity contribution in [1.29, 1.82) is 0 Å². The van der Waals surface area contributed by atoms with Crippen LogP contribution in [-0.2, 0) is 10.0 Å². The molecule has 178 valence electrons. The van der Waals surface area contributed by atoms with Gasteiger partial charge in [0, 0.05) is 38.8 Å². The normalized spacial score (nSPS) is 14.1. The molecule has 34 heavy (non-hydrogen) atoms. The zero-order valence-corrected chi connectivity index (χ0v) is 20.5. The molecule has 0 N–H and O–H groups in total. The average molecular weight is 480 g/mol. The molecule has 0 unspecified atom stereocenters. The van der Waals surface area contributed by atoms with Crippen LogP contribution in [0.5, 0.6) is 5.75 Å². The first-order valence-corrected chi connectivity index (χ1v) is 12.6. The summed E-state index contributed by atoms with van der Waals surface area (Å²) in [5.41, 5.74) is 2.72. The molecule has 1 aliphatic rings. The van der Waals surface area contributed by atoms with Crippen LogP contribution in [0.3, 0.4) is 0 Å². The molecule has 3 aromatic rings. The number of anilines is 2. The quantitative estimate of drug-likeness (QED) is 0.538. The molecular weight excluding hydrogens is 450 g/mol. The lowest BCUT2D eigenvalue weighted by Crippen LogP contribution is -2.49. The van der Waals surface area contributed by atoms with Gasteiger partial charge in [-0.05, 0) is 48.9 Å². The highest BCUT2D eigenvalue weighted by atomic mass is 32.2. The number of ether oxygens (including phenoxy) is 1. The maximum atomic E-state index is 13.4. The summed E-state index contributed by atoms with van der Waals surface area (Å²) in [4.78, 5) is 17.5. The Balaban J connectivity index is 1.53. The van der Waals surface area contributed by atoms with Crippen molar-refractivity contribution in [3.63, 3.8) is 0 Å². The van der Waals surface area contributed by atoms with E-state index in [-0.39, 0.29) is 10.8 Å². The number of aryl methyl sites for hydroxylation is 1. The Morgan fingerprint density at radius 3 is 2.24 bits per heavy atom. The number of hydrogen-bond donors (Lipinski definition) is 0. The lowest BCUT2D eigenvalue weighted by molar-refractivity contribution is 0.0745. The molecule has 0 atom stereocenters. The Morgan fingerprint density at radius 2 is 1.56 bits per heavy atom. The van der Waals surface area contributed by atoms with Gasteiger partial charge < -0.3 is 14.5 Å². The smallest absolute Gasteiger partial charge is 0.264 e. The van der Waals surface area contributed by atoms with Gasteiger partial charge in [-0.15, -0.1) is 0 Å². The van der Waals surface area contributed by atoms with Gasteiger partial charge in [0.2, 0.25) is 0 Å². The van der Waals surface area contributed by atoms with Crippen molar-refractivity contribution in [3.8, 4) is 5.75 Å². The van der Waals surface area contributed by atoms with Crippen LogP contribution < -0.4 is 13.9 Å². The number of para-hydroxylation sites is 3. The second kappa shape index (κ2) is 9.77. The first-order chi connectivity index (χ1) is 16.3. The van der Waals surface area contributed by atoms with E-state index in [1.54, 1.807) is 48.4 Å².